The quantitative estimate of drug-likeness (QED) is 0.507. The molecule has 80 valence electrons. The van der Waals surface area contributed by atoms with Gasteiger partial charge in [0.05, 0.1) is 0 Å². The van der Waals surface area contributed by atoms with Gasteiger partial charge in [-0.1, -0.05) is 11.6 Å². The second-order valence-electron chi connectivity index (χ2n) is 2.06. The topological polar surface area (TPSA) is 0 Å². The molecule has 0 saturated heterocycles. The predicted molar refractivity (Wildman–Crippen MR) is 34.2 cm³/mol. The summed E-state index contributed by atoms with van der Waals surface area (Å²) in [4.78, 5) is 0. The third kappa shape index (κ3) is 3.88. The van der Waals surface area contributed by atoms with Crippen LogP contribution in [0.5, 0.6) is 0 Å². The van der Waals surface area contributed by atoms with E-state index in [0.717, 1.165) is 0 Å². The van der Waals surface area contributed by atoms with E-state index in [9.17, 15) is 30.7 Å². The molecule has 13 heavy (non-hydrogen) atoms. The van der Waals surface area contributed by atoms with E-state index >= 15 is 0 Å². The lowest BCUT2D eigenvalue weighted by Crippen LogP contribution is -2.45. The number of halogens is 9. The van der Waals surface area contributed by atoms with Crippen molar-refractivity contribution in [3.8, 4) is 0 Å². The van der Waals surface area contributed by atoms with Crippen LogP contribution >= 0.6 is 27.5 Å². The lowest BCUT2D eigenvalue weighted by atomic mass is 10.1. The standard InChI is InChI=1S/C4HBrClF7/c5-2(6,7)1(3(8,9)10)4(11,12)13/h1H. The summed E-state index contributed by atoms with van der Waals surface area (Å²) in [6, 6.07) is 0. The molecule has 0 amide bonds. The lowest BCUT2D eigenvalue weighted by molar-refractivity contribution is -0.294. The first-order valence-electron chi connectivity index (χ1n) is 2.57. The average molecular weight is 297 g/mol. The summed E-state index contributed by atoms with van der Waals surface area (Å²) in [5, 5.41) is 0. The molecule has 0 aromatic heterocycles. The van der Waals surface area contributed by atoms with Crippen molar-refractivity contribution < 1.29 is 30.7 Å². The minimum atomic E-state index is -5.79. The highest BCUT2D eigenvalue weighted by Gasteiger charge is 2.66. The molecule has 0 fully saturated rings. The van der Waals surface area contributed by atoms with E-state index in [4.69, 9.17) is 0 Å². The molecular formula is C4HBrClF7. The van der Waals surface area contributed by atoms with Crippen LogP contribution in [0.25, 0.3) is 0 Å². The molecule has 9 heteroatoms. The number of hydrogen-bond acceptors (Lipinski definition) is 0. The summed E-state index contributed by atoms with van der Waals surface area (Å²) in [7, 11) is 0. The second kappa shape index (κ2) is 3.45. The maximum atomic E-state index is 12.3. The number of rotatable bonds is 1. The van der Waals surface area contributed by atoms with Crippen molar-refractivity contribution in [1.82, 2.24) is 0 Å². The molecule has 0 saturated carbocycles. The van der Waals surface area contributed by atoms with E-state index in [1.807, 2.05) is 0 Å². The van der Waals surface area contributed by atoms with Gasteiger partial charge >= 0.3 is 12.4 Å². The summed E-state index contributed by atoms with van der Waals surface area (Å²) >= 11 is 5.75. The molecule has 0 radical (unpaired) electrons. The Morgan fingerprint density at radius 1 is 0.846 bits per heavy atom. The Morgan fingerprint density at radius 3 is 1.08 bits per heavy atom. The highest BCUT2D eigenvalue weighted by molar-refractivity contribution is 9.10. The first kappa shape index (κ1) is 13.3. The molecule has 0 aliphatic heterocycles. The van der Waals surface area contributed by atoms with E-state index in [1.165, 1.54) is 15.9 Å². The molecule has 0 aliphatic carbocycles. The van der Waals surface area contributed by atoms with Crippen molar-refractivity contribution in [3.05, 3.63) is 0 Å². The monoisotopic (exact) mass is 296 g/mol. The Kier molecular flexibility index (Phi) is 3.52. The molecule has 0 aromatic carbocycles. The van der Waals surface area contributed by atoms with Crippen molar-refractivity contribution in [2.75, 3.05) is 0 Å². The van der Waals surface area contributed by atoms with Crippen LogP contribution in [0.1, 0.15) is 0 Å². The lowest BCUT2D eigenvalue weighted by Gasteiger charge is -2.27. The zero-order valence-corrected chi connectivity index (χ0v) is 7.82. The maximum absolute atomic E-state index is 12.3. The molecule has 0 spiro atoms. The first-order valence-corrected chi connectivity index (χ1v) is 3.74. The van der Waals surface area contributed by atoms with Crippen molar-refractivity contribution in [2.24, 2.45) is 5.92 Å². The Morgan fingerprint density at radius 2 is 1.08 bits per heavy atom. The SMILES string of the molecule is FC(F)(F)C(C(F)(F)F)C(F)(Cl)Br. The average Bonchev–Trinajstić information content (AvgIpc) is 1.44. The fourth-order valence-electron chi connectivity index (χ4n) is 0.557. The van der Waals surface area contributed by atoms with Crippen LogP contribution in [-0.4, -0.2) is 16.4 Å². The van der Waals surface area contributed by atoms with Crippen molar-refractivity contribution in [3.63, 3.8) is 0 Å². The molecule has 0 bridgehead atoms. The molecule has 0 rings (SSSR count). The zero-order chi connectivity index (χ0) is 11.1. The van der Waals surface area contributed by atoms with Crippen LogP contribution < -0.4 is 0 Å². The minimum absolute atomic E-state index is 1.48. The van der Waals surface area contributed by atoms with E-state index in [0.29, 0.717) is 0 Å². The second-order valence-corrected chi connectivity index (χ2v) is 4.22. The van der Waals surface area contributed by atoms with Crippen molar-refractivity contribution in [2.45, 2.75) is 16.4 Å². The van der Waals surface area contributed by atoms with Gasteiger partial charge in [-0.05, 0) is 15.9 Å². The van der Waals surface area contributed by atoms with Gasteiger partial charge < -0.3 is 0 Å². The third-order valence-corrected chi connectivity index (χ3v) is 1.66. The van der Waals surface area contributed by atoms with Crippen LogP contribution in [0.15, 0.2) is 0 Å². The van der Waals surface area contributed by atoms with Crippen LogP contribution in [0.4, 0.5) is 30.7 Å². The summed E-state index contributed by atoms with van der Waals surface area (Å²) < 4.78 is 78.0. The highest BCUT2D eigenvalue weighted by atomic mass is 79.9. The molecule has 0 N–H and O–H groups in total. The Labute approximate surface area is 81.2 Å². The summed E-state index contributed by atoms with van der Waals surface area (Å²) in [6.45, 7) is 0. The Hall–Kier alpha value is 0.280. The summed E-state index contributed by atoms with van der Waals surface area (Å²) in [5.41, 5.74) is 0. The van der Waals surface area contributed by atoms with Crippen LogP contribution in [-0.2, 0) is 0 Å². The van der Waals surface area contributed by atoms with Gasteiger partial charge in [0, 0.05) is 0 Å². The van der Waals surface area contributed by atoms with Gasteiger partial charge in [0.25, 0.3) is 4.04 Å². The third-order valence-electron chi connectivity index (χ3n) is 0.982. The van der Waals surface area contributed by atoms with E-state index in [1.54, 1.807) is 0 Å². The molecule has 0 heterocycles. The fraction of sp³-hybridized carbons (Fsp3) is 1.00. The summed E-state index contributed by atoms with van der Waals surface area (Å²) in [5.74, 6) is -4.26. The molecule has 0 aromatic rings. The van der Waals surface area contributed by atoms with Crippen molar-refractivity contribution >= 4 is 27.5 Å². The summed E-state index contributed by atoms with van der Waals surface area (Å²) in [6.07, 6.45) is -11.6. The number of hydrogen-bond donors (Lipinski definition) is 0. The minimum Gasteiger partial charge on any atom is -0.212 e. The van der Waals surface area contributed by atoms with Gasteiger partial charge in [0.1, 0.15) is 0 Å². The highest BCUT2D eigenvalue weighted by Crippen LogP contribution is 2.51. The number of alkyl halides is 9. The Bertz CT molecular complexity index is 143. The van der Waals surface area contributed by atoms with Gasteiger partial charge in [-0.15, -0.1) is 0 Å². The van der Waals surface area contributed by atoms with Crippen LogP contribution in [0.3, 0.4) is 0 Å². The molecular weight excluding hydrogens is 296 g/mol. The smallest absolute Gasteiger partial charge is 0.212 e. The molecule has 0 aliphatic rings. The molecule has 1 unspecified atom stereocenters. The largest absolute Gasteiger partial charge is 0.405 e. The van der Waals surface area contributed by atoms with Gasteiger partial charge in [-0.3, -0.25) is 0 Å². The van der Waals surface area contributed by atoms with Crippen LogP contribution in [0, 0.1) is 5.92 Å². The van der Waals surface area contributed by atoms with Crippen LogP contribution in [0.2, 0.25) is 0 Å². The van der Waals surface area contributed by atoms with Gasteiger partial charge in [-0.25, -0.2) is 4.39 Å². The zero-order valence-electron chi connectivity index (χ0n) is 5.48. The molecule has 0 nitrogen and oxygen atoms in total. The van der Waals surface area contributed by atoms with E-state index in [-0.39, 0.29) is 0 Å². The molecule has 1 atom stereocenters. The van der Waals surface area contributed by atoms with Gasteiger partial charge in [-0.2, -0.15) is 26.3 Å². The van der Waals surface area contributed by atoms with Crippen molar-refractivity contribution in [1.29, 1.82) is 0 Å². The fourth-order valence-corrected chi connectivity index (χ4v) is 1.32. The first-order chi connectivity index (χ1) is 5.37. The van der Waals surface area contributed by atoms with E-state index in [2.05, 4.69) is 11.6 Å². The maximum Gasteiger partial charge on any atom is 0.405 e. The van der Waals surface area contributed by atoms with E-state index < -0.39 is 22.3 Å². The normalized spacial score (nSPS) is 18.9. The Balaban J connectivity index is 5.02. The van der Waals surface area contributed by atoms with Gasteiger partial charge in [0.2, 0.25) is 5.92 Å². The predicted octanol–water partition coefficient (Wildman–Crippen LogP) is 3.98. The van der Waals surface area contributed by atoms with Gasteiger partial charge in [0.15, 0.2) is 0 Å².